The van der Waals surface area contributed by atoms with Gasteiger partial charge in [-0.3, -0.25) is 14.4 Å². The zero-order valence-corrected chi connectivity index (χ0v) is 12.5. The Balaban J connectivity index is 2.05. The van der Waals surface area contributed by atoms with Gasteiger partial charge >= 0.3 is 5.97 Å². The number of carbonyl (C=O) groups is 3. The summed E-state index contributed by atoms with van der Waals surface area (Å²) >= 11 is 0. The van der Waals surface area contributed by atoms with Crippen LogP contribution >= 0.6 is 0 Å². The molecule has 0 bridgehead atoms. The van der Waals surface area contributed by atoms with Crippen molar-refractivity contribution < 1.29 is 19.1 Å². The lowest BCUT2D eigenvalue weighted by Crippen LogP contribution is -2.22. The van der Waals surface area contributed by atoms with Crippen LogP contribution in [0.2, 0.25) is 0 Å². The minimum absolute atomic E-state index is 0.0386. The summed E-state index contributed by atoms with van der Waals surface area (Å²) in [6.45, 7) is 2.50. The maximum absolute atomic E-state index is 11.8. The van der Waals surface area contributed by atoms with Crippen LogP contribution in [0.5, 0.6) is 0 Å². The largest absolute Gasteiger partial charge is 0.465 e. The van der Waals surface area contributed by atoms with Crippen molar-refractivity contribution in [3.8, 4) is 0 Å². The van der Waals surface area contributed by atoms with Crippen LogP contribution < -0.4 is 0 Å². The Kier molecular flexibility index (Phi) is 8.16. The van der Waals surface area contributed by atoms with Gasteiger partial charge in [0.15, 0.2) is 5.78 Å². The monoisotopic (exact) mass is 282 g/mol. The third-order valence-electron chi connectivity index (χ3n) is 3.75. The Morgan fingerprint density at radius 2 is 1.75 bits per heavy atom. The van der Waals surface area contributed by atoms with E-state index in [9.17, 15) is 14.4 Å². The summed E-state index contributed by atoms with van der Waals surface area (Å²) in [6.07, 6.45) is 8.88. The molecule has 0 amide bonds. The third kappa shape index (κ3) is 6.31. The SMILES string of the molecule is CCCCCCCCCC(=O)CC(=O)[C@H]1CCOC1=O. The van der Waals surface area contributed by atoms with Crippen molar-refractivity contribution in [3.63, 3.8) is 0 Å². The fraction of sp³-hybridized carbons (Fsp3) is 0.812. The smallest absolute Gasteiger partial charge is 0.316 e. The first-order chi connectivity index (χ1) is 9.65. The molecule has 1 aliphatic heterocycles. The van der Waals surface area contributed by atoms with Gasteiger partial charge in [-0.15, -0.1) is 0 Å². The van der Waals surface area contributed by atoms with Gasteiger partial charge < -0.3 is 4.74 Å². The van der Waals surface area contributed by atoms with E-state index in [1.54, 1.807) is 0 Å². The number of cyclic esters (lactones) is 1. The zero-order valence-electron chi connectivity index (χ0n) is 12.5. The molecule has 4 heteroatoms. The fourth-order valence-electron chi connectivity index (χ4n) is 2.47. The lowest BCUT2D eigenvalue weighted by molar-refractivity contribution is -0.144. The number of rotatable bonds is 11. The highest BCUT2D eigenvalue weighted by molar-refractivity contribution is 6.08. The maximum atomic E-state index is 11.8. The molecule has 0 saturated carbocycles. The standard InChI is InChI=1S/C16H26O4/c1-2-3-4-5-6-7-8-9-13(17)12-15(18)14-10-11-20-16(14)19/h14H,2-12H2,1H3/t14-/m1/s1. The van der Waals surface area contributed by atoms with Crippen molar-refractivity contribution >= 4 is 17.5 Å². The Morgan fingerprint density at radius 1 is 1.10 bits per heavy atom. The second kappa shape index (κ2) is 9.67. The molecule has 1 atom stereocenters. The van der Waals surface area contributed by atoms with E-state index in [1.807, 2.05) is 0 Å². The highest BCUT2D eigenvalue weighted by Gasteiger charge is 2.33. The van der Waals surface area contributed by atoms with Crippen LogP contribution in [-0.2, 0) is 19.1 Å². The molecule has 0 spiro atoms. The second-order valence-corrected chi connectivity index (χ2v) is 5.56. The van der Waals surface area contributed by atoms with Gasteiger partial charge in [0, 0.05) is 12.8 Å². The lowest BCUT2D eigenvalue weighted by Gasteiger charge is -2.04. The Hall–Kier alpha value is -1.19. The van der Waals surface area contributed by atoms with Crippen molar-refractivity contribution in [2.75, 3.05) is 6.61 Å². The minimum Gasteiger partial charge on any atom is -0.465 e. The average Bonchev–Trinajstić information content (AvgIpc) is 2.84. The fourth-order valence-corrected chi connectivity index (χ4v) is 2.47. The number of Topliss-reactive ketones (excluding diaryl/α,β-unsaturated/α-hetero) is 2. The molecule has 0 radical (unpaired) electrons. The predicted molar refractivity (Wildman–Crippen MR) is 76.3 cm³/mol. The first kappa shape index (κ1) is 16.9. The van der Waals surface area contributed by atoms with Crippen molar-refractivity contribution in [1.82, 2.24) is 0 Å². The average molecular weight is 282 g/mol. The number of ketones is 2. The van der Waals surface area contributed by atoms with Gasteiger partial charge in [0.1, 0.15) is 11.7 Å². The number of carbonyl (C=O) groups excluding carboxylic acids is 3. The first-order valence-corrected chi connectivity index (χ1v) is 7.86. The van der Waals surface area contributed by atoms with Gasteiger partial charge in [-0.2, -0.15) is 0 Å². The van der Waals surface area contributed by atoms with Gasteiger partial charge in [-0.25, -0.2) is 0 Å². The number of esters is 1. The van der Waals surface area contributed by atoms with Crippen molar-refractivity contribution in [2.45, 2.75) is 71.1 Å². The quantitative estimate of drug-likeness (QED) is 0.331. The molecular formula is C16H26O4. The molecule has 0 aromatic rings. The molecule has 1 saturated heterocycles. The molecule has 0 aromatic carbocycles. The van der Waals surface area contributed by atoms with Crippen LogP contribution in [-0.4, -0.2) is 24.1 Å². The van der Waals surface area contributed by atoms with E-state index in [1.165, 1.54) is 25.7 Å². The Labute approximate surface area is 121 Å². The molecule has 0 aliphatic carbocycles. The molecule has 1 fully saturated rings. The summed E-state index contributed by atoms with van der Waals surface area (Å²) in [6, 6.07) is 0. The molecule has 0 unspecified atom stereocenters. The van der Waals surface area contributed by atoms with Gasteiger partial charge in [-0.1, -0.05) is 45.4 Å². The zero-order chi connectivity index (χ0) is 14.8. The van der Waals surface area contributed by atoms with Crippen LogP contribution in [0.3, 0.4) is 0 Å². The highest BCUT2D eigenvalue weighted by atomic mass is 16.5. The first-order valence-electron chi connectivity index (χ1n) is 7.86. The van der Waals surface area contributed by atoms with E-state index in [-0.39, 0.29) is 18.0 Å². The summed E-state index contributed by atoms with van der Waals surface area (Å²) < 4.78 is 4.74. The molecule has 114 valence electrons. The van der Waals surface area contributed by atoms with E-state index in [4.69, 9.17) is 4.74 Å². The van der Waals surface area contributed by atoms with Crippen LogP contribution in [0.4, 0.5) is 0 Å². The summed E-state index contributed by atoms with van der Waals surface area (Å²) in [5.74, 6) is -1.45. The van der Waals surface area contributed by atoms with E-state index in [0.717, 1.165) is 19.3 Å². The Bertz CT molecular complexity index is 335. The van der Waals surface area contributed by atoms with E-state index in [2.05, 4.69) is 6.92 Å². The van der Waals surface area contributed by atoms with Gasteiger partial charge in [0.2, 0.25) is 0 Å². The number of hydrogen-bond acceptors (Lipinski definition) is 4. The number of hydrogen-bond donors (Lipinski definition) is 0. The van der Waals surface area contributed by atoms with Crippen LogP contribution in [0, 0.1) is 5.92 Å². The van der Waals surface area contributed by atoms with Gasteiger partial charge in [0.05, 0.1) is 13.0 Å². The van der Waals surface area contributed by atoms with Crippen LogP contribution in [0.1, 0.15) is 71.1 Å². The van der Waals surface area contributed by atoms with Crippen LogP contribution in [0.25, 0.3) is 0 Å². The van der Waals surface area contributed by atoms with Crippen molar-refractivity contribution in [2.24, 2.45) is 5.92 Å². The second-order valence-electron chi connectivity index (χ2n) is 5.56. The summed E-state index contributed by atoms with van der Waals surface area (Å²) in [7, 11) is 0. The molecule has 4 nitrogen and oxygen atoms in total. The molecular weight excluding hydrogens is 256 g/mol. The summed E-state index contributed by atoms with van der Waals surface area (Å²) in [5, 5.41) is 0. The third-order valence-corrected chi connectivity index (χ3v) is 3.75. The maximum Gasteiger partial charge on any atom is 0.316 e. The molecule has 1 heterocycles. The minimum atomic E-state index is -0.687. The Morgan fingerprint density at radius 3 is 2.35 bits per heavy atom. The molecule has 0 aromatic heterocycles. The number of unbranched alkanes of at least 4 members (excludes halogenated alkanes) is 6. The van der Waals surface area contributed by atoms with Crippen LogP contribution in [0.15, 0.2) is 0 Å². The van der Waals surface area contributed by atoms with Gasteiger partial charge in [0.25, 0.3) is 0 Å². The summed E-state index contributed by atoms with van der Waals surface area (Å²) in [5.41, 5.74) is 0. The molecule has 0 N–H and O–H groups in total. The van der Waals surface area contributed by atoms with E-state index >= 15 is 0 Å². The lowest BCUT2D eigenvalue weighted by atomic mass is 9.96. The van der Waals surface area contributed by atoms with Crippen molar-refractivity contribution in [1.29, 1.82) is 0 Å². The molecule has 1 rings (SSSR count). The number of ether oxygens (including phenoxy) is 1. The highest BCUT2D eigenvalue weighted by Crippen LogP contribution is 2.18. The van der Waals surface area contributed by atoms with E-state index < -0.39 is 11.9 Å². The summed E-state index contributed by atoms with van der Waals surface area (Å²) in [4.78, 5) is 34.7. The normalized spacial score (nSPS) is 18.1. The van der Waals surface area contributed by atoms with Crippen molar-refractivity contribution in [3.05, 3.63) is 0 Å². The predicted octanol–water partition coefficient (Wildman–Crippen LogP) is 3.22. The van der Waals surface area contributed by atoms with E-state index in [0.29, 0.717) is 19.4 Å². The topological polar surface area (TPSA) is 60.4 Å². The van der Waals surface area contributed by atoms with Gasteiger partial charge in [-0.05, 0) is 6.42 Å². The molecule has 20 heavy (non-hydrogen) atoms. The molecule has 1 aliphatic rings.